The first-order valence-electron chi connectivity index (χ1n) is 7.12. The highest BCUT2D eigenvalue weighted by Gasteiger charge is 2.30. The maximum atomic E-state index is 12.7. The van der Waals surface area contributed by atoms with Crippen molar-refractivity contribution < 1.29 is 27.2 Å². The van der Waals surface area contributed by atoms with Gasteiger partial charge in [0.25, 0.3) is 21.8 Å². The molecule has 1 aliphatic rings. The number of sulfonamides is 1. The van der Waals surface area contributed by atoms with Gasteiger partial charge in [0.15, 0.2) is 0 Å². The molecule has 0 atom stereocenters. The van der Waals surface area contributed by atoms with Gasteiger partial charge in [0.2, 0.25) is 0 Å². The van der Waals surface area contributed by atoms with E-state index < -0.39 is 21.8 Å². The lowest BCUT2D eigenvalue weighted by molar-refractivity contribution is 0.0731. The molecular formula is C13H14N4O6S2. The Bertz CT molecular complexity index is 884. The van der Waals surface area contributed by atoms with Crippen molar-refractivity contribution in [1.82, 2.24) is 9.29 Å². The molecule has 2 aromatic rings. The SMILES string of the molecule is NC(=O)c1cc(S(=O)(=O)N2CCOCC2)sc1NC(=O)c1ncco1. The van der Waals surface area contributed by atoms with Gasteiger partial charge >= 0.3 is 5.91 Å². The van der Waals surface area contributed by atoms with Gasteiger partial charge in [0.05, 0.1) is 25.0 Å². The Morgan fingerprint density at radius 2 is 2.04 bits per heavy atom. The molecular weight excluding hydrogens is 372 g/mol. The van der Waals surface area contributed by atoms with Crippen molar-refractivity contribution in [2.24, 2.45) is 5.73 Å². The molecule has 0 saturated carbocycles. The standard InChI is InChI=1S/C13H14N4O6S2/c14-10(18)8-7-9(25(20,21)17-2-5-22-6-3-17)24-13(8)16-11(19)12-15-1-4-23-12/h1,4,7H,2-3,5-6H2,(H2,14,18)(H,16,19). The second-order valence-corrected chi connectivity index (χ2v) is 8.20. The van der Waals surface area contributed by atoms with Crippen LogP contribution in [0.4, 0.5) is 5.00 Å². The molecule has 10 nitrogen and oxygen atoms in total. The molecule has 0 unspecified atom stereocenters. The van der Waals surface area contributed by atoms with Crippen molar-refractivity contribution in [1.29, 1.82) is 0 Å². The van der Waals surface area contributed by atoms with Gasteiger partial charge < -0.3 is 20.2 Å². The predicted molar refractivity (Wildman–Crippen MR) is 86.9 cm³/mol. The average Bonchev–Trinajstić information content (AvgIpc) is 3.25. The van der Waals surface area contributed by atoms with E-state index >= 15 is 0 Å². The Hall–Kier alpha value is -2.28. The van der Waals surface area contributed by atoms with Crippen LogP contribution in [0.3, 0.4) is 0 Å². The normalized spacial score (nSPS) is 15.8. The van der Waals surface area contributed by atoms with E-state index in [1.807, 2.05) is 0 Å². The van der Waals surface area contributed by atoms with E-state index in [0.717, 1.165) is 17.4 Å². The van der Waals surface area contributed by atoms with Crippen LogP contribution in [0.25, 0.3) is 0 Å². The summed E-state index contributed by atoms with van der Waals surface area (Å²) in [7, 11) is -3.81. The van der Waals surface area contributed by atoms with E-state index in [2.05, 4.69) is 10.3 Å². The summed E-state index contributed by atoms with van der Waals surface area (Å²) in [6.45, 7) is 1.01. The van der Waals surface area contributed by atoms with Gasteiger partial charge in [-0.2, -0.15) is 4.31 Å². The molecule has 1 fully saturated rings. The van der Waals surface area contributed by atoms with Crippen LogP contribution in [0.15, 0.2) is 27.2 Å². The molecule has 1 aliphatic heterocycles. The van der Waals surface area contributed by atoms with Gasteiger partial charge in [-0.25, -0.2) is 13.4 Å². The summed E-state index contributed by atoms with van der Waals surface area (Å²) in [6.07, 6.45) is 2.50. The van der Waals surface area contributed by atoms with Crippen LogP contribution < -0.4 is 11.1 Å². The highest BCUT2D eigenvalue weighted by Crippen LogP contribution is 2.33. The Kier molecular flexibility index (Phi) is 4.85. The molecule has 25 heavy (non-hydrogen) atoms. The van der Waals surface area contributed by atoms with E-state index in [1.54, 1.807) is 0 Å². The summed E-state index contributed by atoms with van der Waals surface area (Å²) < 4.78 is 36.5. The maximum Gasteiger partial charge on any atom is 0.312 e. The number of hydrogen-bond acceptors (Lipinski definition) is 8. The monoisotopic (exact) mass is 386 g/mol. The highest BCUT2D eigenvalue weighted by molar-refractivity contribution is 7.91. The zero-order valence-corrected chi connectivity index (χ0v) is 14.4. The summed E-state index contributed by atoms with van der Waals surface area (Å²) in [6, 6.07) is 1.16. The fourth-order valence-corrected chi connectivity index (χ4v) is 5.11. The van der Waals surface area contributed by atoms with Gasteiger partial charge in [-0.3, -0.25) is 9.59 Å². The van der Waals surface area contributed by atoms with Crippen LogP contribution in [0.5, 0.6) is 0 Å². The van der Waals surface area contributed by atoms with Crippen LogP contribution in [-0.4, -0.2) is 55.8 Å². The molecule has 12 heteroatoms. The molecule has 3 rings (SSSR count). The molecule has 3 N–H and O–H groups in total. The van der Waals surface area contributed by atoms with E-state index in [0.29, 0.717) is 13.2 Å². The number of rotatable bonds is 5. The third kappa shape index (κ3) is 3.56. The lowest BCUT2D eigenvalue weighted by Gasteiger charge is -2.25. The van der Waals surface area contributed by atoms with Crippen molar-refractivity contribution in [2.45, 2.75) is 4.21 Å². The maximum absolute atomic E-state index is 12.7. The molecule has 0 bridgehead atoms. The largest absolute Gasteiger partial charge is 0.441 e. The minimum atomic E-state index is -3.81. The van der Waals surface area contributed by atoms with Gasteiger partial charge in [0, 0.05) is 13.1 Å². The van der Waals surface area contributed by atoms with Crippen molar-refractivity contribution >= 4 is 38.2 Å². The second-order valence-electron chi connectivity index (χ2n) is 4.98. The van der Waals surface area contributed by atoms with E-state index in [1.165, 1.54) is 16.8 Å². The molecule has 1 saturated heterocycles. The van der Waals surface area contributed by atoms with E-state index in [9.17, 15) is 18.0 Å². The summed E-state index contributed by atoms with van der Waals surface area (Å²) in [4.78, 5) is 27.3. The third-order valence-corrected chi connectivity index (χ3v) is 6.79. The summed E-state index contributed by atoms with van der Waals surface area (Å²) >= 11 is 0.741. The number of nitrogens with zero attached hydrogens (tertiary/aromatic N) is 2. The molecule has 2 aromatic heterocycles. The van der Waals surface area contributed by atoms with Gasteiger partial charge in [-0.15, -0.1) is 11.3 Å². The van der Waals surface area contributed by atoms with Gasteiger partial charge in [-0.1, -0.05) is 0 Å². The van der Waals surface area contributed by atoms with Crippen LogP contribution in [0.1, 0.15) is 21.0 Å². The molecule has 134 valence electrons. The Morgan fingerprint density at radius 3 is 2.64 bits per heavy atom. The van der Waals surface area contributed by atoms with Crippen molar-refractivity contribution in [3.05, 3.63) is 30.0 Å². The number of carbonyl (C=O) groups is 2. The number of anilines is 1. The number of ether oxygens (including phenoxy) is 1. The number of carbonyl (C=O) groups excluding carboxylic acids is 2. The van der Waals surface area contributed by atoms with E-state index in [-0.39, 0.29) is 33.8 Å². The minimum absolute atomic E-state index is 0.0162. The first-order valence-corrected chi connectivity index (χ1v) is 9.37. The zero-order chi connectivity index (χ0) is 18.0. The summed E-state index contributed by atoms with van der Waals surface area (Å²) in [5, 5.41) is 2.42. The Morgan fingerprint density at radius 1 is 1.32 bits per heavy atom. The van der Waals surface area contributed by atoms with Crippen molar-refractivity contribution in [3.8, 4) is 0 Å². The van der Waals surface area contributed by atoms with E-state index in [4.69, 9.17) is 14.9 Å². The summed E-state index contributed by atoms with van der Waals surface area (Å²) in [5.41, 5.74) is 5.19. The smallest absolute Gasteiger partial charge is 0.312 e. The lowest BCUT2D eigenvalue weighted by Crippen LogP contribution is -2.40. The zero-order valence-electron chi connectivity index (χ0n) is 12.8. The molecule has 0 radical (unpaired) electrons. The number of aromatic nitrogens is 1. The van der Waals surface area contributed by atoms with Crippen molar-refractivity contribution in [2.75, 3.05) is 31.6 Å². The molecule has 0 aliphatic carbocycles. The Balaban J connectivity index is 1.91. The van der Waals surface area contributed by atoms with Crippen LogP contribution >= 0.6 is 11.3 Å². The number of primary amides is 1. The number of hydrogen-bond donors (Lipinski definition) is 2. The molecule has 2 amide bonds. The number of oxazole rings is 1. The van der Waals surface area contributed by atoms with Gasteiger partial charge in [-0.05, 0) is 6.07 Å². The van der Waals surface area contributed by atoms with Gasteiger partial charge in [0.1, 0.15) is 15.5 Å². The number of nitrogens with one attached hydrogen (secondary N) is 1. The fourth-order valence-electron chi connectivity index (χ4n) is 2.18. The first kappa shape index (κ1) is 17.5. The Labute approximate surface area is 146 Å². The van der Waals surface area contributed by atoms with Crippen LogP contribution in [-0.2, 0) is 14.8 Å². The second kappa shape index (κ2) is 6.92. The topological polar surface area (TPSA) is 145 Å². The van der Waals surface area contributed by atoms with Crippen molar-refractivity contribution in [3.63, 3.8) is 0 Å². The van der Waals surface area contributed by atoms with Crippen LogP contribution in [0, 0.1) is 0 Å². The first-order chi connectivity index (χ1) is 11.9. The number of nitrogens with two attached hydrogens (primary N) is 1. The lowest BCUT2D eigenvalue weighted by atomic mass is 10.3. The average molecular weight is 386 g/mol. The number of amides is 2. The highest BCUT2D eigenvalue weighted by atomic mass is 32.2. The molecule has 0 spiro atoms. The number of morpholine rings is 1. The minimum Gasteiger partial charge on any atom is -0.441 e. The quantitative estimate of drug-likeness (QED) is 0.741. The fraction of sp³-hybridized carbons (Fsp3) is 0.308. The van der Waals surface area contributed by atoms with Crippen LogP contribution in [0.2, 0.25) is 0 Å². The molecule has 0 aromatic carbocycles. The predicted octanol–water partition coefficient (Wildman–Crippen LogP) is 0.108. The summed E-state index contributed by atoms with van der Waals surface area (Å²) in [5.74, 6) is -1.80. The third-order valence-electron chi connectivity index (χ3n) is 3.39. The number of thiophene rings is 1. The molecule has 3 heterocycles.